The van der Waals surface area contributed by atoms with Gasteiger partial charge in [-0.1, -0.05) is 12.2 Å². The molecule has 0 bridgehead atoms. The van der Waals surface area contributed by atoms with Crippen LogP contribution in [0.4, 0.5) is 0 Å². The van der Waals surface area contributed by atoms with Gasteiger partial charge in [-0.15, -0.1) is 0 Å². The van der Waals surface area contributed by atoms with Crippen LogP contribution < -0.4 is 15.2 Å². The van der Waals surface area contributed by atoms with Crippen molar-refractivity contribution in [2.24, 2.45) is 5.73 Å². The maximum absolute atomic E-state index is 5.64. The zero-order valence-electron chi connectivity index (χ0n) is 9.36. The summed E-state index contributed by atoms with van der Waals surface area (Å²) in [4.78, 5) is 0. The van der Waals surface area contributed by atoms with Crippen LogP contribution in [0.2, 0.25) is 0 Å². The molecule has 2 N–H and O–H groups in total. The number of hydrogen-bond acceptors (Lipinski definition) is 3. The number of hydrogen-bond donors (Lipinski definition) is 1. The molecule has 0 saturated carbocycles. The summed E-state index contributed by atoms with van der Waals surface area (Å²) in [7, 11) is 3.27. The van der Waals surface area contributed by atoms with Crippen LogP contribution in [0.5, 0.6) is 11.5 Å². The van der Waals surface area contributed by atoms with Crippen molar-refractivity contribution in [2.45, 2.75) is 13.0 Å². The highest BCUT2D eigenvalue weighted by Gasteiger charge is 2.01. The normalized spacial score (nSPS) is 12.8. The topological polar surface area (TPSA) is 44.5 Å². The Morgan fingerprint density at radius 1 is 1.27 bits per heavy atom. The van der Waals surface area contributed by atoms with Gasteiger partial charge in [0.2, 0.25) is 0 Å². The van der Waals surface area contributed by atoms with E-state index in [9.17, 15) is 0 Å². The summed E-state index contributed by atoms with van der Waals surface area (Å²) in [5, 5.41) is 0. The predicted octanol–water partition coefficient (Wildman–Crippen LogP) is 2.06. The van der Waals surface area contributed by atoms with Crippen molar-refractivity contribution in [3.63, 3.8) is 0 Å². The average Bonchev–Trinajstić information content (AvgIpc) is 2.25. The molecule has 1 rings (SSSR count). The standard InChI is InChI=1S/C12H17NO2/c1-9(13)4-5-10-6-7-11(14-2)8-12(10)15-3/h4-9H,13H2,1-3H3/b5-4+. The highest BCUT2D eigenvalue weighted by Crippen LogP contribution is 2.25. The Kier molecular flexibility index (Phi) is 4.18. The zero-order valence-corrected chi connectivity index (χ0v) is 9.36. The van der Waals surface area contributed by atoms with E-state index in [1.54, 1.807) is 14.2 Å². The van der Waals surface area contributed by atoms with Crippen molar-refractivity contribution < 1.29 is 9.47 Å². The Bertz CT molecular complexity index is 345. The highest BCUT2D eigenvalue weighted by molar-refractivity contribution is 5.59. The molecule has 0 amide bonds. The van der Waals surface area contributed by atoms with Crippen LogP contribution in [-0.2, 0) is 0 Å². The van der Waals surface area contributed by atoms with Crippen LogP contribution in [0.15, 0.2) is 24.3 Å². The number of nitrogens with two attached hydrogens (primary N) is 1. The first-order valence-corrected chi connectivity index (χ1v) is 4.83. The van der Waals surface area contributed by atoms with E-state index in [4.69, 9.17) is 15.2 Å². The van der Waals surface area contributed by atoms with Gasteiger partial charge in [0, 0.05) is 17.7 Å². The van der Waals surface area contributed by atoms with Crippen molar-refractivity contribution >= 4 is 6.08 Å². The van der Waals surface area contributed by atoms with Gasteiger partial charge in [0.1, 0.15) is 11.5 Å². The minimum Gasteiger partial charge on any atom is -0.497 e. The second-order valence-corrected chi connectivity index (χ2v) is 3.33. The fourth-order valence-electron chi connectivity index (χ4n) is 1.21. The van der Waals surface area contributed by atoms with Crippen molar-refractivity contribution in [2.75, 3.05) is 14.2 Å². The number of rotatable bonds is 4. The van der Waals surface area contributed by atoms with Crippen molar-refractivity contribution in [1.82, 2.24) is 0 Å². The molecule has 0 fully saturated rings. The minimum atomic E-state index is 0.0387. The first-order valence-electron chi connectivity index (χ1n) is 4.83. The SMILES string of the molecule is COc1ccc(/C=C/C(C)N)c(OC)c1. The van der Waals surface area contributed by atoms with Gasteiger partial charge in [0.15, 0.2) is 0 Å². The Hall–Kier alpha value is -1.48. The molecular weight excluding hydrogens is 190 g/mol. The van der Waals surface area contributed by atoms with Gasteiger partial charge >= 0.3 is 0 Å². The fourth-order valence-corrected chi connectivity index (χ4v) is 1.21. The molecule has 1 atom stereocenters. The first-order chi connectivity index (χ1) is 7.17. The number of benzene rings is 1. The summed E-state index contributed by atoms with van der Waals surface area (Å²) < 4.78 is 10.4. The highest BCUT2D eigenvalue weighted by atomic mass is 16.5. The van der Waals surface area contributed by atoms with E-state index in [-0.39, 0.29) is 6.04 Å². The average molecular weight is 207 g/mol. The second-order valence-electron chi connectivity index (χ2n) is 3.33. The van der Waals surface area contributed by atoms with Crippen LogP contribution in [0, 0.1) is 0 Å². The monoisotopic (exact) mass is 207 g/mol. The van der Waals surface area contributed by atoms with Gasteiger partial charge in [0.25, 0.3) is 0 Å². The van der Waals surface area contributed by atoms with E-state index in [2.05, 4.69) is 0 Å². The van der Waals surface area contributed by atoms with Gasteiger partial charge in [-0.25, -0.2) is 0 Å². The Morgan fingerprint density at radius 3 is 2.53 bits per heavy atom. The van der Waals surface area contributed by atoms with Crippen LogP contribution in [0.1, 0.15) is 12.5 Å². The third-order valence-corrected chi connectivity index (χ3v) is 2.02. The van der Waals surface area contributed by atoms with E-state index in [1.165, 1.54) is 0 Å². The summed E-state index contributed by atoms with van der Waals surface area (Å²) in [6.45, 7) is 1.92. The van der Waals surface area contributed by atoms with E-state index in [0.717, 1.165) is 17.1 Å². The maximum atomic E-state index is 5.64. The Morgan fingerprint density at radius 2 is 2.00 bits per heavy atom. The van der Waals surface area contributed by atoms with E-state index in [0.29, 0.717) is 0 Å². The molecule has 1 aromatic carbocycles. The Balaban J connectivity index is 2.97. The summed E-state index contributed by atoms with van der Waals surface area (Å²) in [6.07, 6.45) is 3.87. The third-order valence-electron chi connectivity index (χ3n) is 2.02. The third kappa shape index (κ3) is 3.29. The molecule has 15 heavy (non-hydrogen) atoms. The molecule has 0 aliphatic rings. The lowest BCUT2D eigenvalue weighted by Gasteiger charge is -2.07. The maximum Gasteiger partial charge on any atom is 0.129 e. The van der Waals surface area contributed by atoms with Crippen molar-refractivity contribution in [3.8, 4) is 11.5 Å². The lowest BCUT2D eigenvalue weighted by atomic mass is 10.1. The van der Waals surface area contributed by atoms with E-state index < -0.39 is 0 Å². The molecule has 82 valence electrons. The summed E-state index contributed by atoms with van der Waals surface area (Å²) in [5.74, 6) is 1.57. The molecule has 0 heterocycles. The summed E-state index contributed by atoms with van der Waals surface area (Å²) >= 11 is 0. The van der Waals surface area contributed by atoms with Crippen molar-refractivity contribution in [1.29, 1.82) is 0 Å². The number of methoxy groups -OCH3 is 2. The molecule has 3 nitrogen and oxygen atoms in total. The molecule has 0 aliphatic carbocycles. The molecule has 0 radical (unpaired) electrons. The lowest BCUT2D eigenvalue weighted by molar-refractivity contribution is 0.393. The van der Waals surface area contributed by atoms with Crippen LogP contribution in [-0.4, -0.2) is 20.3 Å². The van der Waals surface area contributed by atoms with E-state index >= 15 is 0 Å². The van der Waals surface area contributed by atoms with Gasteiger partial charge in [-0.2, -0.15) is 0 Å². The molecular formula is C12H17NO2. The summed E-state index contributed by atoms with van der Waals surface area (Å²) in [6, 6.07) is 5.72. The molecule has 0 spiro atoms. The Labute approximate surface area is 90.5 Å². The largest absolute Gasteiger partial charge is 0.497 e. The van der Waals surface area contributed by atoms with Crippen LogP contribution >= 0.6 is 0 Å². The first kappa shape index (κ1) is 11.6. The van der Waals surface area contributed by atoms with Gasteiger partial charge in [0.05, 0.1) is 14.2 Å². The van der Waals surface area contributed by atoms with Crippen LogP contribution in [0.25, 0.3) is 6.08 Å². The fraction of sp³-hybridized carbons (Fsp3) is 0.333. The van der Waals surface area contributed by atoms with E-state index in [1.807, 2.05) is 37.3 Å². The lowest BCUT2D eigenvalue weighted by Crippen LogP contribution is -2.09. The molecule has 0 aliphatic heterocycles. The molecule has 1 unspecified atom stereocenters. The van der Waals surface area contributed by atoms with Crippen LogP contribution in [0.3, 0.4) is 0 Å². The predicted molar refractivity (Wildman–Crippen MR) is 62.2 cm³/mol. The molecule has 0 saturated heterocycles. The minimum absolute atomic E-state index is 0.0387. The second kappa shape index (κ2) is 5.41. The van der Waals surface area contributed by atoms with Gasteiger partial charge in [-0.3, -0.25) is 0 Å². The van der Waals surface area contributed by atoms with Gasteiger partial charge < -0.3 is 15.2 Å². The molecule has 3 heteroatoms. The molecule has 1 aromatic rings. The summed E-state index contributed by atoms with van der Waals surface area (Å²) in [5.41, 5.74) is 6.63. The number of ether oxygens (including phenoxy) is 2. The zero-order chi connectivity index (χ0) is 11.3. The smallest absolute Gasteiger partial charge is 0.129 e. The van der Waals surface area contributed by atoms with Crippen molar-refractivity contribution in [3.05, 3.63) is 29.8 Å². The molecule has 0 aromatic heterocycles. The van der Waals surface area contributed by atoms with Gasteiger partial charge in [-0.05, 0) is 19.1 Å². The quantitative estimate of drug-likeness (QED) is 0.822.